The van der Waals surface area contributed by atoms with E-state index in [2.05, 4.69) is 58.3 Å². The number of aliphatic imine (C=N–C) groups is 1. The third kappa shape index (κ3) is 3.24. The van der Waals surface area contributed by atoms with Crippen LogP contribution in [0.4, 0.5) is 5.69 Å². The second-order valence-corrected chi connectivity index (χ2v) is 7.52. The zero-order valence-electron chi connectivity index (χ0n) is 12.2. The van der Waals surface area contributed by atoms with Crippen LogP contribution < -0.4 is 5.32 Å². The largest absolute Gasteiger partial charge is 0.333 e. The van der Waals surface area contributed by atoms with Gasteiger partial charge in [0.05, 0.1) is 16.7 Å². The number of fused-ring (bicyclic) bond motifs is 1. The van der Waals surface area contributed by atoms with Crippen molar-refractivity contribution in [2.24, 2.45) is 4.99 Å². The number of hydrogen-bond donors (Lipinski definition) is 1. The van der Waals surface area contributed by atoms with Crippen molar-refractivity contribution in [3.8, 4) is 0 Å². The second-order valence-electron chi connectivity index (χ2n) is 5.52. The molecule has 3 rings (SSSR count). The van der Waals surface area contributed by atoms with Gasteiger partial charge in [-0.1, -0.05) is 30.8 Å². The zero-order chi connectivity index (χ0) is 14.9. The lowest BCUT2D eigenvalue weighted by Gasteiger charge is -2.29. The highest BCUT2D eigenvalue weighted by molar-refractivity contribution is 9.10. The van der Waals surface area contributed by atoms with Crippen LogP contribution in [0.15, 0.2) is 39.9 Å². The van der Waals surface area contributed by atoms with E-state index in [0.29, 0.717) is 0 Å². The number of benzene rings is 1. The minimum absolute atomic E-state index is 0.0641. The summed E-state index contributed by atoms with van der Waals surface area (Å²) >= 11 is 5.26. The first-order chi connectivity index (χ1) is 10.1. The van der Waals surface area contributed by atoms with E-state index in [1.54, 1.807) is 11.8 Å². The smallest absolute Gasteiger partial charge is 0.161 e. The number of halogens is 1. The van der Waals surface area contributed by atoms with Gasteiger partial charge in [-0.15, -0.1) is 0 Å². The average molecular weight is 364 g/mol. The topological polar surface area (TPSA) is 37.3 Å². The molecule has 1 aliphatic heterocycles. The molecule has 110 valence electrons. The minimum atomic E-state index is 0.0641. The van der Waals surface area contributed by atoms with Gasteiger partial charge in [-0.05, 0) is 47.8 Å². The summed E-state index contributed by atoms with van der Waals surface area (Å²) in [5.41, 5.74) is 2.06. The van der Waals surface area contributed by atoms with Crippen molar-refractivity contribution < 1.29 is 0 Å². The summed E-state index contributed by atoms with van der Waals surface area (Å²) in [6, 6.07) is 8.26. The van der Waals surface area contributed by atoms with Gasteiger partial charge >= 0.3 is 0 Å². The molecule has 1 N–H and O–H groups in total. The quantitative estimate of drug-likeness (QED) is 0.808. The minimum Gasteiger partial charge on any atom is -0.333 e. The molecule has 1 aromatic heterocycles. The van der Waals surface area contributed by atoms with Gasteiger partial charge in [-0.3, -0.25) is 9.98 Å². The van der Waals surface area contributed by atoms with Crippen molar-refractivity contribution in [3.63, 3.8) is 0 Å². The molecule has 1 unspecified atom stereocenters. The van der Waals surface area contributed by atoms with Gasteiger partial charge in [0.1, 0.15) is 0 Å². The predicted molar refractivity (Wildman–Crippen MR) is 96.3 cm³/mol. The second kappa shape index (κ2) is 5.97. The Kier molecular flexibility index (Phi) is 4.22. The molecule has 1 atom stereocenters. The number of pyridine rings is 1. The normalized spacial score (nSPS) is 22.1. The fourth-order valence-corrected chi connectivity index (χ4v) is 3.92. The van der Waals surface area contributed by atoms with Crippen LogP contribution in [0.2, 0.25) is 0 Å². The molecule has 0 aliphatic carbocycles. The number of amidine groups is 1. The molecule has 2 aromatic rings. The number of para-hydroxylation sites is 1. The fraction of sp³-hybridized carbons (Fsp3) is 0.375. The SMILES string of the molecule is CCC1(C)CCSC(Nc2cccc3cc(Br)cnc23)=N1. The van der Waals surface area contributed by atoms with Crippen LogP contribution in [-0.2, 0) is 0 Å². The summed E-state index contributed by atoms with van der Waals surface area (Å²) in [5.74, 6) is 1.11. The Hall–Kier alpha value is -1.07. The van der Waals surface area contributed by atoms with E-state index in [-0.39, 0.29) is 5.54 Å². The number of aromatic nitrogens is 1. The monoisotopic (exact) mass is 363 g/mol. The molecule has 0 saturated carbocycles. The van der Waals surface area contributed by atoms with Gasteiger partial charge in [-0.2, -0.15) is 0 Å². The lowest BCUT2D eigenvalue weighted by molar-refractivity contribution is 0.443. The number of hydrogen-bond acceptors (Lipinski definition) is 4. The van der Waals surface area contributed by atoms with Crippen LogP contribution in [0.5, 0.6) is 0 Å². The molecule has 0 bridgehead atoms. The first-order valence-electron chi connectivity index (χ1n) is 7.14. The molecule has 3 nitrogen and oxygen atoms in total. The van der Waals surface area contributed by atoms with Crippen LogP contribution in [0.1, 0.15) is 26.7 Å². The van der Waals surface area contributed by atoms with Crippen molar-refractivity contribution >= 4 is 49.4 Å². The first kappa shape index (κ1) is 14.9. The highest BCUT2D eigenvalue weighted by atomic mass is 79.9. The van der Waals surface area contributed by atoms with Crippen LogP contribution in [0.25, 0.3) is 10.9 Å². The molecule has 2 heterocycles. The maximum absolute atomic E-state index is 4.88. The van der Waals surface area contributed by atoms with Gasteiger partial charge in [0.2, 0.25) is 0 Å². The third-order valence-corrected chi connectivity index (χ3v) is 5.24. The molecule has 0 fully saturated rings. The maximum Gasteiger partial charge on any atom is 0.161 e. The molecule has 0 radical (unpaired) electrons. The molecule has 0 amide bonds. The van der Waals surface area contributed by atoms with Gasteiger partial charge in [-0.25, -0.2) is 0 Å². The van der Waals surface area contributed by atoms with E-state index in [9.17, 15) is 0 Å². The summed E-state index contributed by atoms with van der Waals surface area (Å²) in [6.45, 7) is 4.43. The van der Waals surface area contributed by atoms with E-state index >= 15 is 0 Å². The highest BCUT2D eigenvalue weighted by Gasteiger charge is 2.26. The number of rotatable bonds is 2. The van der Waals surface area contributed by atoms with Crippen molar-refractivity contribution in [3.05, 3.63) is 34.9 Å². The molecule has 0 spiro atoms. The summed E-state index contributed by atoms with van der Waals surface area (Å²) in [5, 5.41) is 5.59. The van der Waals surface area contributed by atoms with E-state index in [0.717, 1.165) is 44.8 Å². The number of anilines is 1. The zero-order valence-corrected chi connectivity index (χ0v) is 14.6. The standard InChI is InChI=1S/C16H18BrN3S/c1-3-16(2)7-8-21-15(20-16)19-13-6-4-5-11-9-12(17)10-18-14(11)13/h4-6,9-10H,3,7-8H2,1-2H3,(H,19,20). The molecular weight excluding hydrogens is 346 g/mol. The Morgan fingerprint density at radius 2 is 2.29 bits per heavy atom. The highest BCUT2D eigenvalue weighted by Crippen LogP contribution is 2.31. The van der Waals surface area contributed by atoms with Gasteiger partial charge in [0.15, 0.2) is 5.17 Å². The van der Waals surface area contributed by atoms with Crippen LogP contribution in [0.3, 0.4) is 0 Å². The van der Waals surface area contributed by atoms with Crippen LogP contribution in [0, 0.1) is 0 Å². The van der Waals surface area contributed by atoms with E-state index in [4.69, 9.17) is 4.99 Å². The maximum atomic E-state index is 4.88. The van der Waals surface area contributed by atoms with Crippen LogP contribution in [-0.4, -0.2) is 21.4 Å². The molecule has 1 aromatic carbocycles. The molecule has 0 saturated heterocycles. The predicted octanol–water partition coefficient (Wildman–Crippen LogP) is 5.07. The Bertz CT molecular complexity index is 701. The molecule has 1 aliphatic rings. The molecule has 21 heavy (non-hydrogen) atoms. The van der Waals surface area contributed by atoms with Crippen molar-refractivity contribution in [2.45, 2.75) is 32.2 Å². The number of thioether (sulfide) groups is 1. The summed E-state index contributed by atoms with van der Waals surface area (Å²) in [4.78, 5) is 9.41. The summed E-state index contributed by atoms with van der Waals surface area (Å²) < 4.78 is 0.995. The summed E-state index contributed by atoms with van der Waals surface area (Å²) in [7, 11) is 0. The third-order valence-electron chi connectivity index (χ3n) is 3.93. The Labute approximate surface area is 137 Å². The van der Waals surface area contributed by atoms with E-state index in [1.807, 2.05) is 12.3 Å². The summed E-state index contributed by atoms with van der Waals surface area (Å²) in [6.07, 6.45) is 4.04. The Balaban J connectivity index is 1.95. The Morgan fingerprint density at radius 1 is 1.43 bits per heavy atom. The first-order valence-corrected chi connectivity index (χ1v) is 8.91. The van der Waals surface area contributed by atoms with Gasteiger partial charge < -0.3 is 5.32 Å². The van der Waals surface area contributed by atoms with Crippen LogP contribution >= 0.6 is 27.7 Å². The van der Waals surface area contributed by atoms with E-state index < -0.39 is 0 Å². The fourth-order valence-electron chi connectivity index (χ4n) is 2.37. The Morgan fingerprint density at radius 3 is 3.10 bits per heavy atom. The molecule has 5 heteroatoms. The van der Waals surface area contributed by atoms with Crippen molar-refractivity contribution in [1.82, 2.24) is 4.98 Å². The van der Waals surface area contributed by atoms with Crippen molar-refractivity contribution in [2.75, 3.05) is 11.1 Å². The number of nitrogens with zero attached hydrogens (tertiary/aromatic N) is 2. The van der Waals surface area contributed by atoms with Gasteiger partial charge in [0, 0.05) is 21.8 Å². The average Bonchev–Trinajstić information content (AvgIpc) is 2.47. The lowest BCUT2D eigenvalue weighted by atomic mass is 9.97. The lowest BCUT2D eigenvalue weighted by Crippen LogP contribution is -2.29. The van der Waals surface area contributed by atoms with Gasteiger partial charge in [0.25, 0.3) is 0 Å². The van der Waals surface area contributed by atoms with E-state index in [1.165, 1.54) is 0 Å². The molecular formula is C16H18BrN3S. The number of nitrogens with one attached hydrogen (secondary N) is 1. The van der Waals surface area contributed by atoms with Crippen molar-refractivity contribution in [1.29, 1.82) is 0 Å².